The maximum Gasteiger partial charge on any atom is 0.228 e. The molecule has 0 spiro atoms. The number of carbonyl (C=O) groups is 2. The minimum Gasteiger partial charge on any atom is -0.497 e. The monoisotopic (exact) mass is 436 g/mol. The van der Waals surface area contributed by atoms with Gasteiger partial charge in [0.1, 0.15) is 5.75 Å². The van der Waals surface area contributed by atoms with Gasteiger partial charge < -0.3 is 15.0 Å². The van der Waals surface area contributed by atoms with E-state index in [4.69, 9.17) is 4.74 Å². The highest BCUT2D eigenvalue weighted by atomic mass is 16.5. The molecule has 1 heterocycles. The highest BCUT2D eigenvalue weighted by Gasteiger charge is 2.60. The molecule has 0 unspecified atom stereocenters. The lowest BCUT2D eigenvalue weighted by Crippen LogP contribution is -2.54. The van der Waals surface area contributed by atoms with Crippen molar-refractivity contribution < 1.29 is 14.3 Å². The van der Waals surface area contributed by atoms with E-state index in [0.29, 0.717) is 24.2 Å². The van der Waals surface area contributed by atoms with E-state index >= 15 is 0 Å². The van der Waals surface area contributed by atoms with E-state index in [-0.39, 0.29) is 28.6 Å². The second kappa shape index (κ2) is 7.64. The fraction of sp³-hybridized carbons (Fsp3) is 0.630. The number of nitrogens with zero attached hydrogens (tertiary/aromatic N) is 1. The fourth-order valence-electron chi connectivity index (χ4n) is 7.94. The summed E-state index contributed by atoms with van der Waals surface area (Å²) in [6.45, 7) is 4.76. The second-order valence-electron chi connectivity index (χ2n) is 11.0. The molecule has 0 aromatic heterocycles. The molecule has 4 aliphatic rings. The lowest BCUT2D eigenvalue weighted by atomic mass is 9.49. The fourth-order valence-corrected chi connectivity index (χ4v) is 7.94. The predicted molar refractivity (Wildman–Crippen MR) is 125 cm³/mol. The highest BCUT2D eigenvalue weighted by Crippen LogP contribution is 2.66. The molecule has 1 N–H and O–H groups in total. The van der Waals surface area contributed by atoms with Gasteiger partial charge >= 0.3 is 0 Å². The Morgan fingerprint density at radius 3 is 2.75 bits per heavy atom. The van der Waals surface area contributed by atoms with Crippen molar-refractivity contribution in [3.8, 4) is 5.75 Å². The topological polar surface area (TPSA) is 58.6 Å². The van der Waals surface area contributed by atoms with Gasteiger partial charge in [-0.2, -0.15) is 0 Å². The van der Waals surface area contributed by atoms with Crippen molar-refractivity contribution in [1.29, 1.82) is 0 Å². The van der Waals surface area contributed by atoms with Crippen LogP contribution in [0.5, 0.6) is 5.75 Å². The molecule has 3 aliphatic carbocycles. The van der Waals surface area contributed by atoms with Gasteiger partial charge in [0, 0.05) is 42.3 Å². The number of fused-ring (bicyclic) bond motifs is 5. The lowest BCUT2D eigenvalue weighted by Gasteiger charge is -2.58. The van der Waals surface area contributed by atoms with Crippen LogP contribution in [0.25, 0.3) is 0 Å². The Morgan fingerprint density at radius 2 is 1.97 bits per heavy atom. The Bertz CT molecular complexity index is 971. The largest absolute Gasteiger partial charge is 0.497 e. The van der Waals surface area contributed by atoms with Crippen LogP contribution in [0.4, 0.5) is 5.69 Å². The molecule has 0 bridgehead atoms. The maximum atomic E-state index is 13.4. The normalized spacial score (nSPS) is 38.3. The number of amides is 2. The third-order valence-corrected chi connectivity index (χ3v) is 9.67. The summed E-state index contributed by atoms with van der Waals surface area (Å²) in [5, 5.41) is 3.18. The molecule has 1 aromatic carbocycles. The van der Waals surface area contributed by atoms with Crippen molar-refractivity contribution in [2.45, 2.75) is 58.8 Å². The molecule has 1 saturated heterocycles. The number of hydrogen-bond donors (Lipinski definition) is 1. The van der Waals surface area contributed by atoms with E-state index in [9.17, 15) is 9.59 Å². The number of rotatable bonds is 3. The van der Waals surface area contributed by atoms with Crippen LogP contribution in [0.2, 0.25) is 0 Å². The van der Waals surface area contributed by atoms with Gasteiger partial charge in [0.05, 0.1) is 7.11 Å². The number of nitrogens with one attached hydrogen (secondary N) is 1. The maximum absolute atomic E-state index is 13.4. The molecule has 1 aliphatic heterocycles. The van der Waals surface area contributed by atoms with Crippen molar-refractivity contribution in [2.75, 3.05) is 19.5 Å². The number of benzene rings is 1. The first-order valence-corrected chi connectivity index (χ1v) is 12.2. The van der Waals surface area contributed by atoms with Crippen LogP contribution in [0.3, 0.4) is 0 Å². The molecule has 2 saturated carbocycles. The number of ether oxygens (including phenoxy) is 1. The first kappa shape index (κ1) is 21.5. The molecule has 172 valence electrons. The van der Waals surface area contributed by atoms with Gasteiger partial charge in [0.25, 0.3) is 0 Å². The molecule has 5 nitrogen and oxygen atoms in total. The average Bonchev–Trinajstić information content (AvgIpc) is 3.14. The Labute approximate surface area is 191 Å². The van der Waals surface area contributed by atoms with Crippen LogP contribution in [0, 0.1) is 34.5 Å². The molecule has 32 heavy (non-hydrogen) atoms. The van der Waals surface area contributed by atoms with Crippen LogP contribution >= 0.6 is 0 Å². The lowest BCUT2D eigenvalue weighted by molar-refractivity contribution is -0.137. The van der Waals surface area contributed by atoms with Gasteiger partial charge in [0.15, 0.2) is 0 Å². The van der Waals surface area contributed by atoms with E-state index in [2.05, 4.69) is 25.2 Å². The van der Waals surface area contributed by atoms with Gasteiger partial charge in [-0.05, 0) is 73.8 Å². The SMILES string of the molecule is COc1cccc(NC(=O)[C@H]2CC[C@H]3[C@@H]4CC=C5N(C)C(=O)CC[C@]5(C)[C@H]4CC[C@]23C)c1. The molecule has 1 aromatic rings. The summed E-state index contributed by atoms with van der Waals surface area (Å²) in [6, 6.07) is 7.63. The summed E-state index contributed by atoms with van der Waals surface area (Å²) < 4.78 is 5.31. The second-order valence-corrected chi connectivity index (χ2v) is 11.0. The number of carbonyl (C=O) groups excluding carboxylic acids is 2. The first-order chi connectivity index (χ1) is 15.3. The summed E-state index contributed by atoms with van der Waals surface area (Å²) in [6.07, 6.45) is 9.35. The summed E-state index contributed by atoms with van der Waals surface area (Å²) in [7, 11) is 3.60. The van der Waals surface area contributed by atoms with Crippen molar-refractivity contribution in [1.82, 2.24) is 4.90 Å². The number of hydrogen-bond acceptors (Lipinski definition) is 3. The van der Waals surface area contributed by atoms with Crippen LogP contribution in [-0.4, -0.2) is 30.9 Å². The standard InChI is InChI=1S/C27H36N2O3/c1-26-14-12-21-19(8-11-23-27(21,2)15-13-24(30)29(23)3)20(26)9-10-22(26)25(31)28-17-6-5-7-18(16-17)32-4/h5-7,11,16,19-22H,8-10,12-15H2,1-4H3,(H,28,31)/t19-,20-,21-,22+,26-,27+/m0/s1. The van der Waals surface area contributed by atoms with E-state index in [1.807, 2.05) is 36.2 Å². The van der Waals surface area contributed by atoms with E-state index < -0.39 is 0 Å². The molecule has 5 rings (SSSR count). The molecule has 5 heteroatoms. The van der Waals surface area contributed by atoms with Crippen LogP contribution in [0.15, 0.2) is 36.0 Å². The molecule has 3 fully saturated rings. The zero-order chi connectivity index (χ0) is 22.7. The molecular weight excluding hydrogens is 400 g/mol. The zero-order valence-electron chi connectivity index (χ0n) is 19.8. The Hall–Kier alpha value is -2.30. The van der Waals surface area contributed by atoms with Gasteiger partial charge in [-0.15, -0.1) is 0 Å². The summed E-state index contributed by atoms with van der Waals surface area (Å²) in [5.41, 5.74) is 2.20. The Balaban J connectivity index is 1.37. The Kier molecular flexibility index (Phi) is 5.14. The van der Waals surface area contributed by atoms with Gasteiger partial charge in [-0.3, -0.25) is 9.59 Å². The van der Waals surface area contributed by atoms with Gasteiger partial charge in [0.2, 0.25) is 11.8 Å². The summed E-state index contributed by atoms with van der Waals surface area (Å²) in [4.78, 5) is 27.6. The van der Waals surface area contributed by atoms with Gasteiger partial charge in [-0.25, -0.2) is 0 Å². The molecular formula is C27H36N2O3. The number of likely N-dealkylation sites (tertiary alicyclic amines) is 1. The van der Waals surface area contributed by atoms with E-state index in [1.54, 1.807) is 7.11 Å². The number of methoxy groups -OCH3 is 1. The third-order valence-electron chi connectivity index (χ3n) is 9.67. The quantitative estimate of drug-likeness (QED) is 0.705. The highest BCUT2D eigenvalue weighted by molar-refractivity contribution is 5.93. The van der Waals surface area contributed by atoms with Crippen LogP contribution in [0.1, 0.15) is 58.8 Å². The van der Waals surface area contributed by atoms with Crippen molar-refractivity contribution in [3.63, 3.8) is 0 Å². The molecule has 6 atom stereocenters. The smallest absolute Gasteiger partial charge is 0.228 e. The number of piperidine rings is 1. The minimum atomic E-state index is 0.0439. The average molecular weight is 437 g/mol. The minimum absolute atomic E-state index is 0.0439. The number of anilines is 1. The molecule has 2 amide bonds. The van der Waals surface area contributed by atoms with Crippen LogP contribution < -0.4 is 10.1 Å². The van der Waals surface area contributed by atoms with Crippen molar-refractivity contribution in [3.05, 3.63) is 36.0 Å². The predicted octanol–water partition coefficient (Wildman–Crippen LogP) is 5.24. The van der Waals surface area contributed by atoms with E-state index in [1.165, 1.54) is 5.70 Å². The van der Waals surface area contributed by atoms with Gasteiger partial charge in [-0.1, -0.05) is 26.0 Å². The molecule has 0 radical (unpaired) electrons. The Morgan fingerprint density at radius 1 is 1.16 bits per heavy atom. The first-order valence-electron chi connectivity index (χ1n) is 12.2. The summed E-state index contributed by atoms with van der Waals surface area (Å²) >= 11 is 0. The van der Waals surface area contributed by atoms with Crippen molar-refractivity contribution in [2.24, 2.45) is 34.5 Å². The van der Waals surface area contributed by atoms with E-state index in [0.717, 1.165) is 50.0 Å². The third kappa shape index (κ3) is 3.11. The number of allylic oxidation sites excluding steroid dienone is 2. The van der Waals surface area contributed by atoms with Crippen molar-refractivity contribution >= 4 is 17.5 Å². The zero-order valence-corrected chi connectivity index (χ0v) is 19.8. The van der Waals surface area contributed by atoms with Crippen LogP contribution in [-0.2, 0) is 9.59 Å². The summed E-state index contributed by atoms with van der Waals surface area (Å²) in [5.74, 6) is 3.00.